The summed E-state index contributed by atoms with van der Waals surface area (Å²) in [6.45, 7) is 3.10. The summed E-state index contributed by atoms with van der Waals surface area (Å²) >= 11 is 0. The molecule has 1 aliphatic rings. The van der Waals surface area contributed by atoms with Crippen LogP contribution in [0.15, 0.2) is 24.3 Å². The first-order chi connectivity index (χ1) is 10.5. The van der Waals surface area contributed by atoms with Crippen molar-refractivity contribution in [2.45, 2.75) is 19.8 Å². The molecule has 0 bridgehead atoms. The quantitative estimate of drug-likeness (QED) is 0.846. The average molecular weight is 304 g/mol. The van der Waals surface area contributed by atoms with Crippen LogP contribution in [0.25, 0.3) is 0 Å². The predicted molar refractivity (Wildman–Crippen MR) is 80.2 cm³/mol. The van der Waals surface area contributed by atoms with E-state index in [0.717, 1.165) is 12.8 Å². The number of rotatable bonds is 4. The van der Waals surface area contributed by atoms with Crippen molar-refractivity contribution in [1.29, 1.82) is 0 Å². The van der Waals surface area contributed by atoms with Crippen LogP contribution in [0.3, 0.4) is 0 Å². The first-order valence-electron chi connectivity index (χ1n) is 7.38. The first kappa shape index (κ1) is 16.0. The van der Waals surface area contributed by atoms with Crippen LogP contribution in [0.5, 0.6) is 0 Å². The third kappa shape index (κ3) is 3.63. The maximum atomic E-state index is 12.5. The molecule has 1 heterocycles. The monoisotopic (exact) mass is 304 g/mol. The largest absolute Gasteiger partial charge is 0.466 e. The van der Waals surface area contributed by atoms with Gasteiger partial charge in [0.15, 0.2) is 0 Å². The van der Waals surface area contributed by atoms with Crippen molar-refractivity contribution >= 4 is 17.8 Å². The van der Waals surface area contributed by atoms with Gasteiger partial charge in [-0.3, -0.25) is 14.4 Å². The van der Waals surface area contributed by atoms with Gasteiger partial charge in [0, 0.05) is 24.2 Å². The summed E-state index contributed by atoms with van der Waals surface area (Å²) < 4.78 is 5.03. The van der Waals surface area contributed by atoms with E-state index in [0.29, 0.717) is 30.8 Å². The summed E-state index contributed by atoms with van der Waals surface area (Å²) in [5, 5.41) is 0. The minimum atomic E-state index is -0.528. The highest BCUT2D eigenvalue weighted by molar-refractivity contribution is 5.97. The van der Waals surface area contributed by atoms with E-state index in [4.69, 9.17) is 10.5 Å². The van der Waals surface area contributed by atoms with Crippen molar-refractivity contribution in [3.63, 3.8) is 0 Å². The Hall–Kier alpha value is -2.37. The van der Waals surface area contributed by atoms with Crippen molar-refractivity contribution in [1.82, 2.24) is 4.90 Å². The zero-order valence-corrected chi connectivity index (χ0v) is 12.6. The van der Waals surface area contributed by atoms with Crippen molar-refractivity contribution in [3.05, 3.63) is 35.4 Å². The Morgan fingerprint density at radius 3 is 2.45 bits per heavy atom. The molecule has 0 spiro atoms. The molecular weight excluding hydrogens is 284 g/mol. The van der Waals surface area contributed by atoms with Gasteiger partial charge in [-0.15, -0.1) is 0 Å². The van der Waals surface area contributed by atoms with Crippen LogP contribution in [-0.2, 0) is 9.53 Å². The maximum Gasteiger partial charge on any atom is 0.310 e. The van der Waals surface area contributed by atoms with Gasteiger partial charge in [-0.1, -0.05) is 0 Å². The molecule has 2 N–H and O–H groups in total. The molecule has 0 aliphatic carbocycles. The number of likely N-dealkylation sites (tertiary alicyclic amines) is 1. The highest BCUT2D eigenvalue weighted by Gasteiger charge is 2.29. The molecule has 22 heavy (non-hydrogen) atoms. The van der Waals surface area contributed by atoms with Crippen LogP contribution in [0, 0.1) is 5.92 Å². The molecule has 6 heteroatoms. The van der Waals surface area contributed by atoms with Gasteiger partial charge in [0.25, 0.3) is 5.91 Å². The van der Waals surface area contributed by atoms with Gasteiger partial charge in [-0.25, -0.2) is 0 Å². The molecule has 0 saturated carbocycles. The van der Waals surface area contributed by atoms with E-state index in [1.54, 1.807) is 24.0 Å². The van der Waals surface area contributed by atoms with E-state index < -0.39 is 5.91 Å². The summed E-state index contributed by atoms with van der Waals surface area (Å²) in [5.41, 5.74) is 6.02. The van der Waals surface area contributed by atoms with E-state index >= 15 is 0 Å². The fourth-order valence-corrected chi connectivity index (χ4v) is 2.57. The molecule has 1 saturated heterocycles. The number of carbonyl (C=O) groups excluding carboxylic acids is 3. The molecule has 0 aromatic heterocycles. The number of carbonyl (C=O) groups is 3. The van der Waals surface area contributed by atoms with Crippen molar-refractivity contribution in [2.75, 3.05) is 19.7 Å². The van der Waals surface area contributed by atoms with E-state index in [1.807, 2.05) is 0 Å². The van der Waals surface area contributed by atoms with Gasteiger partial charge in [0.2, 0.25) is 5.91 Å². The summed E-state index contributed by atoms with van der Waals surface area (Å²) in [6.07, 6.45) is 1.51. The number of hydrogen-bond acceptors (Lipinski definition) is 4. The van der Waals surface area contributed by atoms with Gasteiger partial charge in [-0.05, 0) is 44.0 Å². The molecule has 0 radical (unpaired) electrons. The summed E-state index contributed by atoms with van der Waals surface area (Å²) in [4.78, 5) is 37.0. The zero-order chi connectivity index (χ0) is 16.1. The third-order valence-corrected chi connectivity index (χ3v) is 3.74. The van der Waals surface area contributed by atoms with Gasteiger partial charge in [0.1, 0.15) is 0 Å². The van der Waals surface area contributed by atoms with E-state index in [9.17, 15) is 14.4 Å². The Morgan fingerprint density at radius 2 is 1.86 bits per heavy atom. The summed E-state index contributed by atoms with van der Waals surface area (Å²) in [5.74, 6) is -1.18. The van der Waals surface area contributed by atoms with Crippen LogP contribution < -0.4 is 5.73 Å². The number of hydrogen-bond donors (Lipinski definition) is 1. The van der Waals surface area contributed by atoms with Gasteiger partial charge >= 0.3 is 5.97 Å². The molecule has 1 unspecified atom stereocenters. The lowest BCUT2D eigenvalue weighted by atomic mass is 9.97. The van der Waals surface area contributed by atoms with Crippen molar-refractivity contribution < 1.29 is 19.1 Å². The van der Waals surface area contributed by atoms with Gasteiger partial charge in [0.05, 0.1) is 12.5 Å². The predicted octanol–water partition coefficient (Wildman–Crippen LogP) is 1.20. The number of amides is 2. The molecule has 1 aromatic rings. The number of nitrogens with two attached hydrogens (primary N) is 1. The highest BCUT2D eigenvalue weighted by Crippen LogP contribution is 2.20. The molecule has 1 aliphatic heterocycles. The molecule has 118 valence electrons. The van der Waals surface area contributed by atoms with Crippen molar-refractivity contribution in [2.24, 2.45) is 11.7 Å². The van der Waals surface area contributed by atoms with Crippen LogP contribution >= 0.6 is 0 Å². The second-order valence-electron chi connectivity index (χ2n) is 5.28. The molecule has 1 fully saturated rings. The Balaban J connectivity index is 2.05. The third-order valence-electron chi connectivity index (χ3n) is 3.74. The van der Waals surface area contributed by atoms with Crippen LogP contribution in [0.2, 0.25) is 0 Å². The van der Waals surface area contributed by atoms with E-state index in [-0.39, 0.29) is 17.8 Å². The Bertz CT molecular complexity index is 568. The van der Waals surface area contributed by atoms with E-state index in [1.165, 1.54) is 12.1 Å². The number of primary amides is 1. The van der Waals surface area contributed by atoms with Crippen molar-refractivity contribution in [3.8, 4) is 0 Å². The fraction of sp³-hybridized carbons (Fsp3) is 0.438. The molecular formula is C16H20N2O4. The molecule has 1 aromatic carbocycles. The Labute approximate surface area is 129 Å². The lowest BCUT2D eigenvalue weighted by Crippen LogP contribution is -2.42. The lowest BCUT2D eigenvalue weighted by molar-refractivity contribution is -0.149. The number of nitrogens with zero attached hydrogens (tertiary/aromatic N) is 1. The smallest absolute Gasteiger partial charge is 0.310 e. The number of ether oxygens (including phenoxy) is 1. The Kier molecular flexibility index (Phi) is 5.14. The molecule has 2 amide bonds. The fourth-order valence-electron chi connectivity index (χ4n) is 2.57. The molecule has 1 atom stereocenters. The lowest BCUT2D eigenvalue weighted by Gasteiger charge is -2.31. The second kappa shape index (κ2) is 7.06. The summed E-state index contributed by atoms with van der Waals surface area (Å²) in [7, 11) is 0. The zero-order valence-electron chi connectivity index (χ0n) is 12.6. The minimum Gasteiger partial charge on any atom is -0.466 e. The summed E-state index contributed by atoms with van der Waals surface area (Å²) in [6, 6.07) is 6.22. The number of piperidine rings is 1. The van der Waals surface area contributed by atoms with Gasteiger partial charge in [-0.2, -0.15) is 0 Å². The first-order valence-corrected chi connectivity index (χ1v) is 7.38. The van der Waals surface area contributed by atoms with Crippen LogP contribution in [-0.4, -0.2) is 42.4 Å². The highest BCUT2D eigenvalue weighted by atomic mass is 16.5. The second-order valence-corrected chi connectivity index (χ2v) is 5.28. The number of esters is 1. The normalized spacial score (nSPS) is 17.9. The standard InChI is InChI=1S/C16H20N2O4/c1-2-22-16(21)13-4-3-9-18(10-13)15(20)12-7-5-11(6-8-12)14(17)19/h5-8,13H,2-4,9-10H2,1H3,(H2,17,19). The van der Waals surface area contributed by atoms with Crippen LogP contribution in [0.4, 0.5) is 0 Å². The Morgan fingerprint density at radius 1 is 1.23 bits per heavy atom. The SMILES string of the molecule is CCOC(=O)C1CCCN(C(=O)c2ccc(C(N)=O)cc2)C1. The average Bonchev–Trinajstić information content (AvgIpc) is 2.54. The molecule has 2 rings (SSSR count). The maximum absolute atomic E-state index is 12.5. The topological polar surface area (TPSA) is 89.7 Å². The minimum absolute atomic E-state index is 0.148. The van der Waals surface area contributed by atoms with Crippen LogP contribution in [0.1, 0.15) is 40.5 Å². The van der Waals surface area contributed by atoms with Gasteiger partial charge < -0.3 is 15.4 Å². The van der Waals surface area contributed by atoms with E-state index in [2.05, 4.69) is 0 Å². The molecule has 6 nitrogen and oxygen atoms in total. The number of benzene rings is 1.